The summed E-state index contributed by atoms with van der Waals surface area (Å²) in [5.74, 6) is -1.46. The van der Waals surface area contributed by atoms with E-state index in [1.807, 2.05) is 32.0 Å². The minimum atomic E-state index is -0.672. The van der Waals surface area contributed by atoms with Crippen molar-refractivity contribution in [2.24, 2.45) is 5.92 Å². The van der Waals surface area contributed by atoms with Gasteiger partial charge in [0.2, 0.25) is 5.91 Å². The van der Waals surface area contributed by atoms with Gasteiger partial charge >= 0.3 is 5.97 Å². The Bertz CT molecular complexity index is 971. The second-order valence-electron chi connectivity index (χ2n) is 7.14. The molecule has 0 bridgehead atoms. The summed E-state index contributed by atoms with van der Waals surface area (Å²) in [7, 11) is 1.49. The third-order valence-electron chi connectivity index (χ3n) is 4.98. The van der Waals surface area contributed by atoms with Gasteiger partial charge in [-0.15, -0.1) is 0 Å². The van der Waals surface area contributed by atoms with E-state index < -0.39 is 24.4 Å². The van der Waals surface area contributed by atoms with E-state index in [1.165, 1.54) is 12.0 Å². The summed E-state index contributed by atoms with van der Waals surface area (Å²) >= 11 is 6.04. The Hall–Kier alpha value is -3.06. The molecule has 1 fully saturated rings. The zero-order valence-electron chi connectivity index (χ0n) is 17.0. The molecule has 1 saturated heterocycles. The maximum absolute atomic E-state index is 12.5. The molecule has 8 heteroatoms. The number of carbonyl (C=O) groups is 3. The molecule has 2 amide bonds. The minimum absolute atomic E-state index is 0.00692. The Labute approximate surface area is 179 Å². The minimum Gasteiger partial charge on any atom is -0.495 e. The second kappa shape index (κ2) is 9.17. The molecule has 1 aliphatic rings. The monoisotopic (exact) mass is 430 g/mol. The van der Waals surface area contributed by atoms with Gasteiger partial charge in [0.15, 0.2) is 6.61 Å². The maximum Gasteiger partial charge on any atom is 0.311 e. The Morgan fingerprint density at radius 1 is 1.20 bits per heavy atom. The molecule has 0 aliphatic carbocycles. The number of amides is 2. The number of benzene rings is 2. The number of methoxy groups -OCH3 is 1. The standard InChI is InChI=1S/C22H23ClN2O5/c1-13-5-4-6-14(2)21(13)24-19(26)12-30-22(28)15-9-20(27)25(11-15)17-10-16(23)7-8-18(17)29-3/h4-8,10,15H,9,11-12H2,1-3H3,(H,24,26)/t15-/m0/s1. The van der Waals surface area contributed by atoms with Crippen LogP contribution in [0.25, 0.3) is 0 Å². The van der Waals surface area contributed by atoms with Crippen LogP contribution in [0.4, 0.5) is 11.4 Å². The molecule has 0 saturated carbocycles. The summed E-state index contributed by atoms with van der Waals surface area (Å²) < 4.78 is 10.5. The molecule has 2 aromatic carbocycles. The van der Waals surface area contributed by atoms with Gasteiger partial charge in [0.1, 0.15) is 5.75 Å². The van der Waals surface area contributed by atoms with Gasteiger partial charge in [-0.05, 0) is 43.2 Å². The van der Waals surface area contributed by atoms with Gasteiger partial charge < -0.3 is 19.7 Å². The highest BCUT2D eigenvalue weighted by Gasteiger charge is 2.37. The molecule has 0 aromatic heterocycles. The molecule has 1 aliphatic heterocycles. The van der Waals surface area contributed by atoms with E-state index in [-0.39, 0.29) is 18.9 Å². The number of hydrogen-bond acceptors (Lipinski definition) is 5. The van der Waals surface area contributed by atoms with Crippen molar-refractivity contribution in [1.29, 1.82) is 0 Å². The number of para-hydroxylation sites is 1. The highest BCUT2D eigenvalue weighted by Crippen LogP contribution is 2.35. The number of ether oxygens (including phenoxy) is 2. The summed E-state index contributed by atoms with van der Waals surface area (Å²) in [6, 6.07) is 10.6. The van der Waals surface area contributed by atoms with Crippen molar-refractivity contribution < 1.29 is 23.9 Å². The lowest BCUT2D eigenvalue weighted by Gasteiger charge is -2.19. The fraction of sp³-hybridized carbons (Fsp3) is 0.318. The van der Waals surface area contributed by atoms with E-state index in [2.05, 4.69) is 5.32 Å². The number of rotatable bonds is 6. The van der Waals surface area contributed by atoms with Crippen LogP contribution in [-0.4, -0.2) is 38.0 Å². The van der Waals surface area contributed by atoms with Crippen molar-refractivity contribution in [1.82, 2.24) is 0 Å². The molecule has 7 nitrogen and oxygen atoms in total. The number of aryl methyl sites for hydroxylation is 2. The largest absolute Gasteiger partial charge is 0.495 e. The van der Waals surface area contributed by atoms with Crippen molar-refractivity contribution in [3.05, 3.63) is 52.5 Å². The Morgan fingerprint density at radius 2 is 1.90 bits per heavy atom. The number of nitrogens with zero attached hydrogens (tertiary/aromatic N) is 1. The summed E-state index contributed by atoms with van der Waals surface area (Å²) in [5, 5.41) is 3.22. The van der Waals surface area contributed by atoms with Gasteiger partial charge in [0, 0.05) is 23.7 Å². The number of esters is 1. The van der Waals surface area contributed by atoms with Crippen LogP contribution in [0.1, 0.15) is 17.5 Å². The van der Waals surface area contributed by atoms with E-state index in [4.69, 9.17) is 21.1 Å². The first-order valence-electron chi connectivity index (χ1n) is 9.46. The first kappa shape index (κ1) is 21.6. The summed E-state index contributed by atoms with van der Waals surface area (Å²) in [6.07, 6.45) is -0.00692. The van der Waals surface area contributed by atoms with Gasteiger partial charge in [0.05, 0.1) is 18.7 Å². The third kappa shape index (κ3) is 4.74. The zero-order valence-corrected chi connectivity index (χ0v) is 17.8. The molecule has 0 unspecified atom stereocenters. The predicted molar refractivity (Wildman–Crippen MR) is 114 cm³/mol. The van der Waals surface area contributed by atoms with Gasteiger partial charge in [-0.3, -0.25) is 14.4 Å². The lowest BCUT2D eigenvalue weighted by molar-refractivity contribution is -0.151. The quantitative estimate of drug-likeness (QED) is 0.709. The second-order valence-corrected chi connectivity index (χ2v) is 7.58. The first-order chi connectivity index (χ1) is 14.3. The van der Waals surface area contributed by atoms with Gasteiger partial charge in [-0.2, -0.15) is 0 Å². The number of halogens is 1. The van der Waals surface area contributed by atoms with Crippen LogP contribution in [0, 0.1) is 19.8 Å². The van der Waals surface area contributed by atoms with Crippen molar-refractivity contribution in [3.63, 3.8) is 0 Å². The van der Waals surface area contributed by atoms with Gasteiger partial charge in [0.25, 0.3) is 5.91 Å². The Morgan fingerprint density at radius 3 is 2.57 bits per heavy atom. The molecule has 1 N–H and O–H groups in total. The number of anilines is 2. The van der Waals surface area contributed by atoms with Crippen LogP contribution >= 0.6 is 11.6 Å². The fourth-order valence-corrected chi connectivity index (χ4v) is 3.58. The molecule has 158 valence electrons. The van der Waals surface area contributed by atoms with Gasteiger partial charge in [-0.25, -0.2) is 0 Å². The van der Waals surface area contributed by atoms with Crippen molar-refractivity contribution >= 4 is 40.8 Å². The SMILES string of the molecule is COc1ccc(Cl)cc1N1C[C@@H](C(=O)OCC(=O)Nc2c(C)cccc2C)CC1=O. The molecule has 2 aromatic rings. The van der Waals surface area contributed by atoms with E-state index in [0.717, 1.165) is 11.1 Å². The molecule has 0 spiro atoms. The zero-order chi connectivity index (χ0) is 21.8. The van der Waals surface area contributed by atoms with Crippen LogP contribution in [0.15, 0.2) is 36.4 Å². The number of hydrogen-bond donors (Lipinski definition) is 1. The fourth-order valence-electron chi connectivity index (χ4n) is 3.41. The van der Waals surface area contributed by atoms with Crippen LogP contribution in [0.5, 0.6) is 5.75 Å². The van der Waals surface area contributed by atoms with Crippen molar-refractivity contribution in [2.75, 3.05) is 30.5 Å². The topological polar surface area (TPSA) is 84.9 Å². The van der Waals surface area contributed by atoms with Crippen LogP contribution in [0.3, 0.4) is 0 Å². The van der Waals surface area contributed by atoms with Crippen LogP contribution < -0.4 is 15.0 Å². The predicted octanol–water partition coefficient (Wildman–Crippen LogP) is 3.50. The Balaban J connectivity index is 1.60. The van der Waals surface area contributed by atoms with E-state index in [9.17, 15) is 14.4 Å². The van der Waals surface area contributed by atoms with E-state index >= 15 is 0 Å². The summed E-state index contributed by atoms with van der Waals surface area (Å²) in [4.78, 5) is 38.6. The summed E-state index contributed by atoms with van der Waals surface area (Å²) in [6.45, 7) is 3.49. The van der Waals surface area contributed by atoms with Crippen LogP contribution in [-0.2, 0) is 19.1 Å². The lowest BCUT2D eigenvalue weighted by Crippen LogP contribution is -2.28. The van der Waals surface area contributed by atoms with Crippen molar-refractivity contribution in [3.8, 4) is 5.75 Å². The van der Waals surface area contributed by atoms with Crippen molar-refractivity contribution in [2.45, 2.75) is 20.3 Å². The Kier molecular flexibility index (Phi) is 6.62. The number of nitrogens with one attached hydrogen (secondary N) is 1. The van der Waals surface area contributed by atoms with Gasteiger partial charge in [-0.1, -0.05) is 29.8 Å². The lowest BCUT2D eigenvalue weighted by atomic mass is 10.1. The van der Waals surface area contributed by atoms with E-state index in [1.54, 1.807) is 18.2 Å². The highest BCUT2D eigenvalue weighted by molar-refractivity contribution is 6.31. The summed E-state index contributed by atoms with van der Waals surface area (Å²) in [5.41, 5.74) is 3.04. The number of carbonyl (C=O) groups excluding carboxylic acids is 3. The average molecular weight is 431 g/mol. The van der Waals surface area contributed by atoms with Crippen LogP contribution in [0.2, 0.25) is 5.02 Å². The molecule has 0 radical (unpaired) electrons. The maximum atomic E-state index is 12.5. The molecular weight excluding hydrogens is 408 g/mol. The molecule has 1 atom stereocenters. The molecule has 3 rings (SSSR count). The first-order valence-corrected chi connectivity index (χ1v) is 9.84. The smallest absolute Gasteiger partial charge is 0.311 e. The average Bonchev–Trinajstić information content (AvgIpc) is 3.10. The molecule has 30 heavy (non-hydrogen) atoms. The molecule has 1 heterocycles. The normalized spacial score (nSPS) is 15.8. The molecular formula is C22H23ClN2O5. The third-order valence-corrected chi connectivity index (χ3v) is 5.22. The van der Waals surface area contributed by atoms with E-state index in [0.29, 0.717) is 22.1 Å². The highest BCUT2D eigenvalue weighted by atomic mass is 35.5.